The maximum atomic E-state index is 13.7. The zero-order valence-electron chi connectivity index (χ0n) is 13.2. The van der Waals surface area contributed by atoms with Crippen molar-refractivity contribution in [3.05, 3.63) is 34.5 Å². The number of fused-ring (bicyclic) bond motifs is 1. The molecule has 0 spiro atoms. The number of benzene rings is 1. The number of carbonyl (C=O) groups is 1. The molecule has 0 radical (unpaired) electrons. The van der Waals surface area contributed by atoms with Gasteiger partial charge < -0.3 is 10.1 Å². The summed E-state index contributed by atoms with van der Waals surface area (Å²) in [5.74, 6) is 0.193. The molecule has 1 saturated carbocycles. The maximum absolute atomic E-state index is 13.7. The summed E-state index contributed by atoms with van der Waals surface area (Å²) in [4.78, 5) is 12.6. The van der Waals surface area contributed by atoms with Gasteiger partial charge >= 0.3 is 0 Å². The predicted octanol–water partition coefficient (Wildman–Crippen LogP) is 3.13. The third-order valence-electron chi connectivity index (χ3n) is 4.26. The van der Waals surface area contributed by atoms with Gasteiger partial charge in [0.2, 0.25) is 5.88 Å². The van der Waals surface area contributed by atoms with E-state index in [2.05, 4.69) is 10.4 Å². The van der Waals surface area contributed by atoms with Gasteiger partial charge in [-0.15, -0.1) is 0 Å². The van der Waals surface area contributed by atoms with Crippen molar-refractivity contribution in [1.29, 1.82) is 0 Å². The van der Waals surface area contributed by atoms with Crippen LogP contribution in [-0.4, -0.2) is 34.5 Å². The molecule has 2 heterocycles. The maximum Gasteiger partial charge on any atom is 0.272 e. The summed E-state index contributed by atoms with van der Waals surface area (Å²) in [5, 5.41) is 7.89. The van der Waals surface area contributed by atoms with E-state index in [1.165, 1.54) is 4.68 Å². The molecule has 1 atom stereocenters. The van der Waals surface area contributed by atoms with Gasteiger partial charge in [0.1, 0.15) is 6.61 Å². The average molecular weight is 350 g/mol. The third-order valence-corrected chi connectivity index (χ3v) is 4.50. The Hall–Kier alpha value is -2.08. The largest absolute Gasteiger partial charge is 0.474 e. The normalized spacial score (nSPS) is 19.5. The van der Waals surface area contributed by atoms with Crippen LogP contribution in [0.4, 0.5) is 4.39 Å². The lowest BCUT2D eigenvalue weighted by Crippen LogP contribution is -2.27. The average Bonchev–Trinajstić information content (AvgIpc) is 3.26. The summed E-state index contributed by atoms with van der Waals surface area (Å²) in [6.07, 6.45) is 0.839. The van der Waals surface area contributed by atoms with Crippen molar-refractivity contribution < 1.29 is 13.9 Å². The van der Waals surface area contributed by atoms with E-state index in [9.17, 15) is 9.18 Å². The van der Waals surface area contributed by atoms with Crippen LogP contribution in [0.1, 0.15) is 28.9 Å². The van der Waals surface area contributed by atoms with E-state index in [4.69, 9.17) is 16.3 Å². The molecule has 7 heteroatoms. The van der Waals surface area contributed by atoms with Crippen molar-refractivity contribution in [2.45, 2.75) is 38.5 Å². The van der Waals surface area contributed by atoms with Crippen LogP contribution in [0.3, 0.4) is 0 Å². The van der Waals surface area contributed by atoms with Crippen LogP contribution in [0.5, 0.6) is 5.88 Å². The van der Waals surface area contributed by atoms with Crippen molar-refractivity contribution in [1.82, 2.24) is 15.1 Å². The first-order valence-corrected chi connectivity index (χ1v) is 8.36. The first-order chi connectivity index (χ1) is 11.5. The zero-order valence-corrected chi connectivity index (χ0v) is 13.9. The molecule has 1 aromatic heterocycles. The van der Waals surface area contributed by atoms with Crippen molar-refractivity contribution in [2.75, 3.05) is 6.61 Å². The fourth-order valence-electron chi connectivity index (χ4n) is 2.92. The van der Waals surface area contributed by atoms with E-state index in [0.717, 1.165) is 24.0 Å². The Morgan fingerprint density at radius 3 is 2.96 bits per heavy atom. The van der Waals surface area contributed by atoms with Gasteiger partial charge in [-0.2, -0.15) is 5.10 Å². The van der Waals surface area contributed by atoms with E-state index in [1.807, 2.05) is 19.1 Å². The highest BCUT2D eigenvalue weighted by Gasteiger charge is 2.33. The Labute approximate surface area is 143 Å². The number of carbonyl (C=O) groups excluding carboxylic acids is 1. The summed E-state index contributed by atoms with van der Waals surface area (Å²) >= 11 is 6.04. The number of amides is 1. The van der Waals surface area contributed by atoms with Gasteiger partial charge in [0, 0.05) is 11.1 Å². The minimum atomic E-state index is -1.13. The Bertz CT molecular complexity index is 816. The molecule has 4 rings (SSSR count). The fourth-order valence-corrected chi connectivity index (χ4v) is 3.14. The Morgan fingerprint density at radius 1 is 1.46 bits per heavy atom. The van der Waals surface area contributed by atoms with Gasteiger partial charge in [-0.1, -0.05) is 17.7 Å². The van der Waals surface area contributed by atoms with E-state index in [0.29, 0.717) is 16.5 Å². The second kappa shape index (κ2) is 5.77. The molecule has 1 unspecified atom stereocenters. The number of halogens is 2. The second-order valence-electron chi connectivity index (χ2n) is 6.33. The second-order valence-corrected chi connectivity index (χ2v) is 6.76. The minimum Gasteiger partial charge on any atom is -0.474 e. The van der Waals surface area contributed by atoms with Gasteiger partial charge in [-0.3, -0.25) is 4.79 Å². The van der Waals surface area contributed by atoms with Gasteiger partial charge in [0.05, 0.1) is 12.1 Å². The summed E-state index contributed by atoms with van der Waals surface area (Å²) in [7, 11) is 0. The van der Waals surface area contributed by atoms with E-state index in [1.54, 1.807) is 6.07 Å². The van der Waals surface area contributed by atoms with Crippen LogP contribution < -0.4 is 10.1 Å². The first kappa shape index (κ1) is 15.4. The van der Waals surface area contributed by atoms with Crippen LogP contribution in [-0.2, 0) is 6.54 Å². The number of rotatable bonds is 3. The molecule has 1 N–H and O–H groups in total. The number of hydrogen-bond acceptors (Lipinski definition) is 3. The number of ether oxygens (including phenoxy) is 1. The standard InChI is InChI=1S/C17H17ClFN3O2/c1-9-6-10(18)2-5-13(9)14-15(16(23)20-12-3-4-12)21-22-7-11(19)8-24-17(14)22/h2,5-6,11-12H,3-4,7-8H2,1H3,(H,20,23). The summed E-state index contributed by atoms with van der Waals surface area (Å²) in [6, 6.07) is 5.64. The molecule has 24 heavy (non-hydrogen) atoms. The minimum absolute atomic E-state index is 0.0327. The SMILES string of the molecule is Cc1cc(Cl)ccc1-c1c(C(=O)NC2CC2)nn2c1OCC(F)C2. The van der Waals surface area contributed by atoms with Gasteiger partial charge in [-0.25, -0.2) is 9.07 Å². The van der Waals surface area contributed by atoms with Crippen molar-refractivity contribution in [2.24, 2.45) is 0 Å². The molecule has 2 aliphatic rings. The lowest BCUT2D eigenvalue weighted by atomic mass is 10.00. The molecule has 126 valence electrons. The number of hydrogen-bond donors (Lipinski definition) is 1. The summed E-state index contributed by atoms with van der Waals surface area (Å²) in [5.41, 5.74) is 2.61. The molecule has 1 fully saturated rings. The van der Waals surface area contributed by atoms with E-state index in [-0.39, 0.29) is 30.8 Å². The molecule has 5 nitrogen and oxygen atoms in total. The molecule has 1 aliphatic heterocycles. The number of nitrogens with zero attached hydrogens (tertiary/aromatic N) is 2. The monoisotopic (exact) mass is 349 g/mol. The molecule has 0 bridgehead atoms. The predicted molar refractivity (Wildman–Crippen MR) is 88.3 cm³/mol. The number of alkyl halides is 1. The number of nitrogens with one attached hydrogen (secondary N) is 1. The van der Waals surface area contributed by atoms with Crippen LogP contribution in [0.15, 0.2) is 18.2 Å². The summed E-state index contributed by atoms with van der Waals surface area (Å²) in [6.45, 7) is 1.97. The van der Waals surface area contributed by atoms with Crippen LogP contribution in [0.25, 0.3) is 11.1 Å². The van der Waals surface area contributed by atoms with Crippen molar-refractivity contribution in [3.8, 4) is 17.0 Å². The smallest absolute Gasteiger partial charge is 0.272 e. The lowest BCUT2D eigenvalue weighted by molar-refractivity contribution is 0.0944. The number of aromatic nitrogens is 2. The molecule has 1 aliphatic carbocycles. The Kier molecular flexibility index (Phi) is 3.72. The van der Waals surface area contributed by atoms with Crippen molar-refractivity contribution in [3.63, 3.8) is 0 Å². The van der Waals surface area contributed by atoms with E-state index >= 15 is 0 Å². The van der Waals surface area contributed by atoms with Gasteiger partial charge in [0.25, 0.3) is 5.91 Å². The van der Waals surface area contributed by atoms with Crippen LogP contribution in [0, 0.1) is 6.92 Å². The van der Waals surface area contributed by atoms with E-state index < -0.39 is 6.17 Å². The highest BCUT2D eigenvalue weighted by Crippen LogP contribution is 2.38. The molecular weight excluding hydrogens is 333 g/mol. The molecule has 1 aromatic carbocycles. The Morgan fingerprint density at radius 2 is 2.25 bits per heavy atom. The molecular formula is C17H17ClFN3O2. The lowest BCUT2D eigenvalue weighted by Gasteiger charge is -2.19. The Balaban J connectivity index is 1.84. The number of aryl methyl sites for hydroxylation is 1. The third kappa shape index (κ3) is 2.75. The van der Waals surface area contributed by atoms with Crippen LogP contribution in [0.2, 0.25) is 5.02 Å². The molecule has 0 saturated heterocycles. The highest BCUT2D eigenvalue weighted by molar-refractivity contribution is 6.30. The fraction of sp³-hybridized carbons (Fsp3) is 0.412. The zero-order chi connectivity index (χ0) is 16.8. The van der Waals surface area contributed by atoms with Gasteiger partial charge in [0.15, 0.2) is 11.9 Å². The van der Waals surface area contributed by atoms with Crippen molar-refractivity contribution >= 4 is 17.5 Å². The quantitative estimate of drug-likeness (QED) is 0.926. The molecule has 1 amide bonds. The van der Waals surface area contributed by atoms with Crippen LogP contribution >= 0.6 is 11.6 Å². The highest BCUT2D eigenvalue weighted by atomic mass is 35.5. The summed E-state index contributed by atoms with van der Waals surface area (Å²) < 4.78 is 20.7. The first-order valence-electron chi connectivity index (χ1n) is 7.98. The van der Waals surface area contributed by atoms with Gasteiger partial charge in [-0.05, 0) is 43.0 Å². The topological polar surface area (TPSA) is 56.2 Å². The molecule has 2 aromatic rings.